The smallest absolute Gasteiger partial charge is 0.239 e. The second kappa shape index (κ2) is 9.03. The molecule has 3 rings (SSSR count). The number of carbonyl (C=O) groups excluding carboxylic acids is 3. The second-order valence-corrected chi connectivity index (χ2v) is 6.58. The van der Waals surface area contributed by atoms with Gasteiger partial charge >= 0.3 is 0 Å². The van der Waals surface area contributed by atoms with Crippen LogP contribution in [0.5, 0.6) is 5.75 Å². The van der Waals surface area contributed by atoms with Gasteiger partial charge in [0.05, 0.1) is 19.6 Å². The van der Waals surface area contributed by atoms with Gasteiger partial charge in [-0.3, -0.25) is 14.4 Å². The highest BCUT2D eigenvalue weighted by molar-refractivity contribution is 6.00. The number of rotatable bonds is 7. The van der Waals surface area contributed by atoms with Crippen molar-refractivity contribution in [2.45, 2.75) is 13.0 Å². The molecule has 1 aliphatic heterocycles. The molecule has 1 fully saturated rings. The van der Waals surface area contributed by atoms with E-state index < -0.39 is 5.92 Å². The summed E-state index contributed by atoms with van der Waals surface area (Å²) in [6.45, 7) is 0.588. The number of hydrogen-bond donors (Lipinski definition) is 2. The van der Waals surface area contributed by atoms with Crippen molar-refractivity contribution in [3.05, 3.63) is 60.2 Å². The third kappa shape index (κ3) is 4.88. The molecule has 1 heterocycles. The first-order valence-corrected chi connectivity index (χ1v) is 9.09. The Bertz CT molecular complexity index is 836. The van der Waals surface area contributed by atoms with E-state index in [0.29, 0.717) is 18.8 Å². The van der Waals surface area contributed by atoms with Crippen LogP contribution in [-0.4, -0.2) is 37.9 Å². The predicted octanol–water partition coefficient (Wildman–Crippen LogP) is 1.48. The lowest BCUT2D eigenvalue weighted by Gasteiger charge is -2.17. The van der Waals surface area contributed by atoms with Gasteiger partial charge in [-0.2, -0.15) is 0 Å². The molecule has 0 radical (unpaired) electrons. The highest BCUT2D eigenvalue weighted by Gasteiger charge is 2.35. The molecule has 1 unspecified atom stereocenters. The van der Waals surface area contributed by atoms with Crippen LogP contribution in [0.3, 0.4) is 0 Å². The fraction of sp³-hybridized carbons (Fsp3) is 0.286. The van der Waals surface area contributed by atoms with Gasteiger partial charge in [-0.1, -0.05) is 30.3 Å². The molecule has 7 nitrogen and oxygen atoms in total. The SMILES string of the molecule is COc1ccc(N2CC(C(=O)NCC(=O)NCc3ccccc3)CC2=O)cc1. The molecule has 2 N–H and O–H groups in total. The zero-order valence-electron chi connectivity index (χ0n) is 15.7. The van der Waals surface area contributed by atoms with E-state index in [0.717, 1.165) is 11.3 Å². The zero-order valence-corrected chi connectivity index (χ0v) is 15.7. The molecule has 1 saturated heterocycles. The van der Waals surface area contributed by atoms with E-state index in [-0.39, 0.29) is 30.7 Å². The van der Waals surface area contributed by atoms with Crippen LogP contribution in [0, 0.1) is 5.92 Å². The van der Waals surface area contributed by atoms with Crippen molar-refractivity contribution in [2.75, 3.05) is 25.1 Å². The monoisotopic (exact) mass is 381 g/mol. The van der Waals surface area contributed by atoms with Crippen LogP contribution in [0.15, 0.2) is 54.6 Å². The number of carbonyl (C=O) groups is 3. The number of hydrogen-bond acceptors (Lipinski definition) is 4. The summed E-state index contributed by atoms with van der Waals surface area (Å²) in [5, 5.41) is 5.38. The molecule has 0 aromatic heterocycles. The molecule has 0 saturated carbocycles. The Morgan fingerprint density at radius 2 is 1.79 bits per heavy atom. The maximum atomic E-state index is 12.4. The highest BCUT2D eigenvalue weighted by Crippen LogP contribution is 2.26. The number of ether oxygens (including phenoxy) is 1. The first kappa shape index (κ1) is 19.4. The second-order valence-electron chi connectivity index (χ2n) is 6.58. The van der Waals surface area contributed by atoms with Crippen LogP contribution < -0.4 is 20.3 Å². The molecule has 7 heteroatoms. The van der Waals surface area contributed by atoms with Gasteiger partial charge in [0, 0.05) is 25.2 Å². The van der Waals surface area contributed by atoms with E-state index >= 15 is 0 Å². The van der Waals surface area contributed by atoms with Crippen molar-refractivity contribution in [3.63, 3.8) is 0 Å². The van der Waals surface area contributed by atoms with E-state index in [1.807, 2.05) is 30.3 Å². The number of benzene rings is 2. The fourth-order valence-corrected chi connectivity index (χ4v) is 3.07. The van der Waals surface area contributed by atoms with Crippen molar-refractivity contribution in [1.29, 1.82) is 0 Å². The van der Waals surface area contributed by atoms with Gasteiger partial charge < -0.3 is 20.3 Å². The lowest BCUT2D eigenvalue weighted by Crippen LogP contribution is -2.40. The van der Waals surface area contributed by atoms with E-state index in [1.54, 1.807) is 36.3 Å². The standard InChI is InChI=1S/C21H23N3O4/c1-28-18-9-7-17(8-10-18)24-14-16(11-20(24)26)21(27)23-13-19(25)22-12-15-5-3-2-4-6-15/h2-10,16H,11-14H2,1H3,(H,22,25)(H,23,27). The van der Waals surface area contributed by atoms with Gasteiger partial charge in [-0.25, -0.2) is 0 Å². The van der Waals surface area contributed by atoms with E-state index in [1.165, 1.54) is 0 Å². The van der Waals surface area contributed by atoms with Crippen molar-refractivity contribution in [1.82, 2.24) is 10.6 Å². The van der Waals surface area contributed by atoms with E-state index in [2.05, 4.69) is 10.6 Å². The van der Waals surface area contributed by atoms with Gasteiger partial charge in [-0.05, 0) is 29.8 Å². The Morgan fingerprint density at radius 1 is 1.07 bits per heavy atom. The molecule has 2 aromatic carbocycles. The average Bonchev–Trinajstić information content (AvgIpc) is 3.13. The van der Waals surface area contributed by atoms with Crippen LogP contribution in [-0.2, 0) is 20.9 Å². The summed E-state index contributed by atoms with van der Waals surface area (Å²) in [6.07, 6.45) is 0.128. The molecule has 146 valence electrons. The number of nitrogens with one attached hydrogen (secondary N) is 2. The highest BCUT2D eigenvalue weighted by atomic mass is 16.5. The van der Waals surface area contributed by atoms with Gasteiger partial charge in [0.2, 0.25) is 17.7 Å². The fourth-order valence-electron chi connectivity index (χ4n) is 3.07. The van der Waals surface area contributed by atoms with Crippen molar-refractivity contribution in [2.24, 2.45) is 5.92 Å². The van der Waals surface area contributed by atoms with Gasteiger partial charge in [0.1, 0.15) is 5.75 Å². The van der Waals surface area contributed by atoms with Crippen LogP contribution in [0.2, 0.25) is 0 Å². The summed E-state index contributed by atoms with van der Waals surface area (Å²) in [5.74, 6) is -0.450. The van der Waals surface area contributed by atoms with E-state index in [9.17, 15) is 14.4 Å². The van der Waals surface area contributed by atoms with Gasteiger partial charge in [0.25, 0.3) is 0 Å². The molecular weight excluding hydrogens is 358 g/mol. The normalized spacial score (nSPS) is 16.0. The molecule has 0 bridgehead atoms. The summed E-state index contributed by atoms with van der Waals surface area (Å²) < 4.78 is 5.11. The summed E-state index contributed by atoms with van der Waals surface area (Å²) in [5.41, 5.74) is 1.71. The molecule has 2 aromatic rings. The minimum atomic E-state index is -0.475. The Balaban J connectivity index is 1.46. The molecule has 0 aliphatic carbocycles. The minimum Gasteiger partial charge on any atom is -0.497 e. The summed E-state index contributed by atoms with van der Waals surface area (Å²) in [6, 6.07) is 16.6. The zero-order chi connectivity index (χ0) is 19.9. The third-order valence-electron chi connectivity index (χ3n) is 4.64. The minimum absolute atomic E-state index is 0.112. The first-order chi connectivity index (χ1) is 13.6. The van der Waals surface area contributed by atoms with Crippen molar-refractivity contribution in [3.8, 4) is 5.75 Å². The Kier molecular flexibility index (Phi) is 6.26. The number of amides is 3. The van der Waals surface area contributed by atoms with Gasteiger partial charge in [-0.15, -0.1) is 0 Å². The topological polar surface area (TPSA) is 87.7 Å². The third-order valence-corrected chi connectivity index (χ3v) is 4.64. The van der Waals surface area contributed by atoms with Crippen LogP contribution in [0.4, 0.5) is 5.69 Å². The Labute approximate surface area is 163 Å². The first-order valence-electron chi connectivity index (χ1n) is 9.09. The lowest BCUT2D eigenvalue weighted by molar-refractivity contribution is -0.129. The van der Waals surface area contributed by atoms with Crippen LogP contribution in [0.1, 0.15) is 12.0 Å². The summed E-state index contributed by atoms with van der Waals surface area (Å²) >= 11 is 0. The Morgan fingerprint density at radius 3 is 2.46 bits per heavy atom. The largest absolute Gasteiger partial charge is 0.497 e. The van der Waals surface area contributed by atoms with Gasteiger partial charge in [0.15, 0.2) is 0 Å². The number of anilines is 1. The van der Waals surface area contributed by atoms with Crippen LogP contribution >= 0.6 is 0 Å². The van der Waals surface area contributed by atoms with Crippen molar-refractivity contribution < 1.29 is 19.1 Å². The predicted molar refractivity (Wildman–Crippen MR) is 105 cm³/mol. The Hall–Kier alpha value is -3.35. The lowest BCUT2D eigenvalue weighted by atomic mass is 10.1. The molecule has 0 spiro atoms. The molecule has 28 heavy (non-hydrogen) atoms. The number of nitrogens with zero attached hydrogens (tertiary/aromatic N) is 1. The van der Waals surface area contributed by atoms with E-state index in [4.69, 9.17) is 4.74 Å². The summed E-state index contributed by atoms with van der Waals surface area (Å²) in [7, 11) is 1.58. The molecule has 3 amide bonds. The molecular formula is C21H23N3O4. The maximum absolute atomic E-state index is 12.4. The maximum Gasteiger partial charge on any atom is 0.239 e. The van der Waals surface area contributed by atoms with Crippen molar-refractivity contribution >= 4 is 23.4 Å². The number of methoxy groups -OCH3 is 1. The molecule has 1 aliphatic rings. The molecule has 1 atom stereocenters. The average molecular weight is 381 g/mol. The van der Waals surface area contributed by atoms with Crippen LogP contribution in [0.25, 0.3) is 0 Å². The quantitative estimate of drug-likeness (QED) is 0.761. The summed E-state index contributed by atoms with van der Waals surface area (Å²) in [4.78, 5) is 38.1.